The van der Waals surface area contributed by atoms with E-state index in [2.05, 4.69) is 63.4 Å². The van der Waals surface area contributed by atoms with Crippen molar-refractivity contribution in [3.05, 3.63) is 64.1 Å². The molecule has 1 atom stereocenters. The molecule has 3 rings (SSSR count). The molecule has 1 unspecified atom stereocenters. The Morgan fingerprint density at radius 2 is 1.96 bits per heavy atom. The molecule has 132 valence electrons. The molecule has 1 N–H and O–H groups in total. The highest BCUT2D eigenvalue weighted by molar-refractivity contribution is 9.10. The Kier molecular flexibility index (Phi) is 6.27. The zero-order valence-electron chi connectivity index (χ0n) is 14.7. The first kappa shape index (κ1) is 18.2. The maximum atomic E-state index is 12.7. The lowest BCUT2D eigenvalue weighted by Gasteiger charge is -2.32. The van der Waals surface area contributed by atoms with Gasteiger partial charge in [0.25, 0.3) is 0 Å². The van der Waals surface area contributed by atoms with Crippen molar-refractivity contribution in [3.63, 3.8) is 0 Å². The summed E-state index contributed by atoms with van der Waals surface area (Å²) in [6.45, 7) is 4.91. The average Bonchev–Trinajstić information content (AvgIpc) is 2.64. The van der Waals surface area contributed by atoms with E-state index < -0.39 is 0 Å². The number of rotatable bonds is 5. The summed E-state index contributed by atoms with van der Waals surface area (Å²) in [4.78, 5) is 15.1. The monoisotopic (exact) mass is 400 g/mol. The molecule has 4 heteroatoms. The Hall–Kier alpha value is -1.65. The minimum atomic E-state index is 0.0640. The summed E-state index contributed by atoms with van der Waals surface area (Å²) in [7, 11) is 0. The molecule has 0 bridgehead atoms. The number of carbonyl (C=O) groups is 1. The molecule has 1 aliphatic heterocycles. The van der Waals surface area contributed by atoms with Gasteiger partial charge >= 0.3 is 0 Å². The fourth-order valence-electron chi connectivity index (χ4n) is 3.45. The molecule has 25 heavy (non-hydrogen) atoms. The lowest BCUT2D eigenvalue weighted by atomic mass is 9.96. The van der Waals surface area contributed by atoms with E-state index in [-0.39, 0.29) is 11.8 Å². The summed E-state index contributed by atoms with van der Waals surface area (Å²) in [6, 6.07) is 16.5. The van der Waals surface area contributed by atoms with Crippen LogP contribution >= 0.6 is 15.9 Å². The standard InChI is InChI=1S/C21H25BrN2O/c1-2-17-6-3-4-8-20(17)23-21(25)18-7-5-13-24(15-18)14-16-9-11-19(22)12-10-16/h3-4,6,8-12,18H,2,5,7,13-15H2,1H3,(H,23,25). The number of nitrogens with zero attached hydrogens (tertiary/aromatic N) is 1. The molecule has 1 amide bonds. The van der Waals surface area contributed by atoms with Crippen molar-refractivity contribution in [2.45, 2.75) is 32.7 Å². The third kappa shape index (κ3) is 4.93. The van der Waals surface area contributed by atoms with Gasteiger partial charge in [0.15, 0.2) is 0 Å². The number of para-hydroxylation sites is 1. The largest absolute Gasteiger partial charge is 0.326 e. The number of hydrogen-bond donors (Lipinski definition) is 1. The van der Waals surface area contributed by atoms with Crippen molar-refractivity contribution in [1.29, 1.82) is 0 Å². The van der Waals surface area contributed by atoms with E-state index in [4.69, 9.17) is 0 Å². The van der Waals surface area contributed by atoms with Crippen LogP contribution in [0.5, 0.6) is 0 Å². The van der Waals surface area contributed by atoms with E-state index >= 15 is 0 Å². The van der Waals surface area contributed by atoms with Gasteiger partial charge in [0.2, 0.25) is 5.91 Å². The quantitative estimate of drug-likeness (QED) is 0.776. The van der Waals surface area contributed by atoms with E-state index in [1.54, 1.807) is 0 Å². The van der Waals surface area contributed by atoms with E-state index in [1.807, 2.05) is 18.2 Å². The molecule has 0 aliphatic carbocycles. The van der Waals surface area contributed by atoms with Crippen LogP contribution in [0.15, 0.2) is 53.0 Å². The van der Waals surface area contributed by atoms with Gasteiger partial charge < -0.3 is 5.32 Å². The van der Waals surface area contributed by atoms with Gasteiger partial charge in [0, 0.05) is 23.2 Å². The topological polar surface area (TPSA) is 32.3 Å². The number of benzene rings is 2. The zero-order valence-corrected chi connectivity index (χ0v) is 16.3. The highest BCUT2D eigenvalue weighted by Gasteiger charge is 2.26. The van der Waals surface area contributed by atoms with Gasteiger partial charge in [-0.15, -0.1) is 0 Å². The summed E-state index contributed by atoms with van der Waals surface area (Å²) in [6.07, 6.45) is 2.97. The fraction of sp³-hybridized carbons (Fsp3) is 0.381. The number of carbonyl (C=O) groups excluding carboxylic acids is 1. The molecule has 0 spiro atoms. The zero-order chi connectivity index (χ0) is 17.6. The van der Waals surface area contributed by atoms with Crippen LogP contribution in [0.4, 0.5) is 5.69 Å². The number of hydrogen-bond acceptors (Lipinski definition) is 2. The Bertz CT molecular complexity index is 714. The summed E-state index contributed by atoms with van der Waals surface area (Å²) in [5.74, 6) is 0.218. The third-order valence-electron chi connectivity index (χ3n) is 4.85. The highest BCUT2D eigenvalue weighted by atomic mass is 79.9. The van der Waals surface area contributed by atoms with Crippen molar-refractivity contribution in [2.75, 3.05) is 18.4 Å². The second kappa shape index (κ2) is 8.63. The van der Waals surface area contributed by atoms with Gasteiger partial charge in [-0.3, -0.25) is 9.69 Å². The third-order valence-corrected chi connectivity index (χ3v) is 5.38. The summed E-state index contributed by atoms with van der Waals surface area (Å²) in [5, 5.41) is 3.15. The van der Waals surface area contributed by atoms with Crippen molar-refractivity contribution in [3.8, 4) is 0 Å². The fourth-order valence-corrected chi connectivity index (χ4v) is 3.71. The molecule has 1 aliphatic rings. The van der Waals surface area contributed by atoms with E-state index in [9.17, 15) is 4.79 Å². The van der Waals surface area contributed by atoms with Crippen LogP contribution in [0.25, 0.3) is 0 Å². The minimum Gasteiger partial charge on any atom is -0.326 e. The molecule has 1 saturated heterocycles. The maximum Gasteiger partial charge on any atom is 0.228 e. The van der Waals surface area contributed by atoms with Gasteiger partial charge in [-0.25, -0.2) is 0 Å². The smallest absolute Gasteiger partial charge is 0.228 e. The number of aryl methyl sites for hydroxylation is 1. The molecule has 3 nitrogen and oxygen atoms in total. The van der Waals surface area contributed by atoms with Gasteiger partial charge in [-0.05, 0) is 55.1 Å². The summed E-state index contributed by atoms with van der Waals surface area (Å²) >= 11 is 3.48. The van der Waals surface area contributed by atoms with Crippen LogP contribution in [0.2, 0.25) is 0 Å². The van der Waals surface area contributed by atoms with Crippen LogP contribution in [0.3, 0.4) is 0 Å². The first-order chi connectivity index (χ1) is 12.2. The first-order valence-electron chi connectivity index (χ1n) is 9.01. The molecule has 1 fully saturated rings. The second-order valence-corrected chi connectivity index (χ2v) is 7.62. The van der Waals surface area contributed by atoms with Gasteiger partial charge in [-0.2, -0.15) is 0 Å². The number of anilines is 1. The Morgan fingerprint density at radius 3 is 2.72 bits per heavy atom. The number of halogens is 1. The number of nitrogens with one attached hydrogen (secondary N) is 1. The van der Waals surface area contributed by atoms with Gasteiger partial charge in [0.05, 0.1) is 5.92 Å². The van der Waals surface area contributed by atoms with Crippen LogP contribution in [0.1, 0.15) is 30.9 Å². The second-order valence-electron chi connectivity index (χ2n) is 6.70. The molecule has 1 heterocycles. The predicted octanol–water partition coefficient (Wildman–Crippen LogP) is 4.86. The molecule has 0 saturated carbocycles. The normalized spacial score (nSPS) is 18.1. The van der Waals surface area contributed by atoms with Crippen LogP contribution < -0.4 is 5.32 Å². The highest BCUT2D eigenvalue weighted by Crippen LogP contribution is 2.22. The molecule has 0 aromatic heterocycles. The van der Waals surface area contributed by atoms with Gasteiger partial charge in [-0.1, -0.05) is 53.2 Å². The molecular weight excluding hydrogens is 376 g/mol. The van der Waals surface area contributed by atoms with Crippen molar-refractivity contribution < 1.29 is 4.79 Å². The van der Waals surface area contributed by atoms with Crippen molar-refractivity contribution in [2.24, 2.45) is 5.92 Å². The summed E-state index contributed by atoms with van der Waals surface area (Å²) in [5.41, 5.74) is 3.44. The van der Waals surface area contributed by atoms with Crippen molar-refractivity contribution in [1.82, 2.24) is 4.90 Å². The number of amides is 1. The molecule has 2 aromatic rings. The Morgan fingerprint density at radius 1 is 1.20 bits per heavy atom. The number of likely N-dealkylation sites (tertiary alicyclic amines) is 1. The van der Waals surface area contributed by atoms with Crippen LogP contribution in [-0.4, -0.2) is 23.9 Å². The lowest BCUT2D eigenvalue weighted by molar-refractivity contribution is -0.121. The predicted molar refractivity (Wildman–Crippen MR) is 107 cm³/mol. The van der Waals surface area contributed by atoms with E-state index in [0.29, 0.717) is 0 Å². The summed E-state index contributed by atoms with van der Waals surface area (Å²) < 4.78 is 1.10. The average molecular weight is 401 g/mol. The lowest BCUT2D eigenvalue weighted by Crippen LogP contribution is -2.40. The minimum absolute atomic E-state index is 0.0640. The first-order valence-corrected chi connectivity index (χ1v) is 9.80. The van der Waals surface area contributed by atoms with Crippen LogP contribution in [-0.2, 0) is 17.8 Å². The molecule has 0 radical (unpaired) electrons. The van der Waals surface area contributed by atoms with E-state index in [0.717, 1.165) is 49.1 Å². The van der Waals surface area contributed by atoms with Crippen molar-refractivity contribution >= 4 is 27.5 Å². The molecular formula is C21H25BrN2O. The Labute approximate surface area is 158 Å². The SMILES string of the molecule is CCc1ccccc1NC(=O)C1CCCN(Cc2ccc(Br)cc2)C1. The van der Waals surface area contributed by atoms with Crippen LogP contribution in [0, 0.1) is 5.92 Å². The Balaban J connectivity index is 1.60. The molecule has 2 aromatic carbocycles. The van der Waals surface area contributed by atoms with Gasteiger partial charge in [0.1, 0.15) is 0 Å². The number of piperidine rings is 1. The maximum absolute atomic E-state index is 12.7. The van der Waals surface area contributed by atoms with E-state index in [1.165, 1.54) is 11.1 Å².